The lowest BCUT2D eigenvalue weighted by Crippen LogP contribution is -2.41. The number of thiol groups is 1. The molecule has 0 nitrogen and oxygen atoms in total. The van der Waals surface area contributed by atoms with Gasteiger partial charge in [0, 0.05) is 0 Å². The van der Waals surface area contributed by atoms with Crippen LogP contribution in [0.1, 0.15) is 20.8 Å². The van der Waals surface area contributed by atoms with E-state index < -0.39 is 16.8 Å². The molecule has 0 N–H and O–H groups in total. The summed E-state index contributed by atoms with van der Waals surface area (Å²) in [5.74, 6) is -0.504. The molecule has 0 aromatic rings. The van der Waals surface area contributed by atoms with Gasteiger partial charge >= 0.3 is 6.18 Å². The maximum absolute atomic E-state index is 12.0. The molecular formula is C6H11F3S. The van der Waals surface area contributed by atoms with Crippen LogP contribution in [0.3, 0.4) is 0 Å². The third-order valence-corrected chi connectivity index (χ3v) is 2.47. The maximum Gasteiger partial charge on any atom is 0.402 e. The molecule has 0 spiro atoms. The molecule has 0 aliphatic heterocycles. The molecular weight excluding hydrogens is 161 g/mol. The van der Waals surface area contributed by atoms with Crippen molar-refractivity contribution < 1.29 is 13.2 Å². The molecule has 0 fully saturated rings. The number of hydrogen-bond acceptors (Lipinski definition) is 1. The predicted octanol–water partition coefficient (Wildman–Crippen LogP) is 2.89. The van der Waals surface area contributed by atoms with Gasteiger partial charge in [-0.3, -0.25) is 0 Å². The van der Waals surface area contributed by atoms with E-state index >= 15 is 0 Å². The Balaban J connectivity index is 4.40. The Kier molecular flexibility index (Phi) is 2.68. The summed E-state index contributed by atoms with van der Waals surface area (Å²) < 4.78 is 34.2. The van der Waals surface area contributed by atoms with Crippen molar-refractivity contribution in [3.8, 4) is 0 Å². The molecule has 1 atom stereocenters. The fourth-order valence-corrected chi connectivity index (χ4v) is 0.327. The fraction of sp³-hybridized carbons (Fsp3) is 1.00. The van der Waals surface area contributed by atoms with Gasteiger partial charge < -0.3 is 0 Å². The van der Waals surface area contributed by atoms with E-state index in [0.717, 1.165) is 6.92 Å². The quantitative estimate of drug-likeness (QED) is 0.578. The zero-order valence-corrected chi connectivity index (χ0v) is 7.05. The Bertz CT molecular complexity index is 115. The Morgan fingerprint density at radius 1 is 1.20 bits per heavy atom. The zero-order chi connectivity index (χ0) is 8.58. The first-order valence-corrected chi connectivity index (χ1v) is 3.43. The third-order valence-electron chi connectivity index (χ3n) is 1.70. The molecule has 62 valence electrons. The van der Waals surface area contributed by atoms with Crippen LogP contribution in [0, 0.1) is 5.92 Å². The van der Waals surface area contributed by atoms with Gasteiger partial charge in [0.15, 0.2) is 0 Å². The highest BCUT2D eigenvalue weighted by molar-refractivity contribution is 7.81. The van der Waals surface area contributed by atoms with E-state index in [0.29, 0.717) is 0 Å². The van der Waals surface area contributed by atoms with E-state index in [1.165, 1.54) is 13.8 Å². The Hall–Kier alpha value is 0.140. The Labute approximate surface area is 64.2 Å². The van der Waals surface area contributed by atoms with Crippen molar-refractivity contribution in [1.29, 1.82) is 0 Å². The molecule has 0 aromatic carbocycles. The molecule has 4 heteroatoms. The highest BCUT2D eigenvalue weighted by Gasteiger charge is 2.50. The van der Waals surface area contributed by atoms with E-state index in [2.05, 4.69) is 12.6 Å². The van der Waals surface area contributed by atoms with Gasteiger partial charge in [-0.2, -0.15) is 25.8 Å². The van der Waals surface area contributed by atoms with Crippen molar-refractivity contribution in [3.63, 3.8) is 0 Å². The van der Waals surface area contributed by atoms with Gasteiger partial charge in [0.05, 0.1) is 0 Å². The minimum absolute atomic E-state index is 0.504. The lowest BCUT2D eigenvalue weighted by molar-refractivity contribution is -0.164. The molecule has 0 bridgehead atoms. The van der Waals surface area contributed by atoms with Gasteiger partial charge in [-0.25, -0.2) is 0 Å². The predicted molar refractivity (Wildman–Crippen MR) is 38.3 cm³/mol. The molecule has 0 aliphatic rings. The second-order valence-corrected chi connectivity index (χ2v) is 3.73. The van der Waals surface area contributed by atoms with Crippen molar-refractivity contribution >= 4 is 12.6 Å². The van der Waals surface area contributed by atoms with Crippen LogP contribution in [-0.4, -0.2) is 10.9 Å². The normalized spacial score (nSPS) is 19.2. The van der Waals surface area contributed by atoms with Crippen LogP contribution in [0.15, 0.2) is 0 Å². The van der Waals surface area contributed by atoms with Crippen LogP contribution in [-0.2, 0) is 0 Å². The summed E-state index contributed by atoms with van der Waals surface area (Å²) in [5.41, 5.74) is 0. The van der Waals surface area contributed by atoms with Crippen LogP contribution in [0.2, 0.25) is 0 Å². The van der Waals surface area contributed by atoms with Crippen LogP contribution in [0.4, 0.5) is 13.2 Å². The van der Waals surface area contributed by atoms with Crippen LogP contribution in [0.5, 0.6) is 0 Å². The van der Waals surface area contributed by atoms with E-state index in [9.17, 15) is 13.2 Å². The topological polar surface area (TPSA) is 0 Å². The molecule has 0 aromatic heterocycles. The highest BCUT2D eigenvalue weighted by atomic mass is 32.1. The number of rotatable bonds is 1. The summed E-state index contributed by atoms with van der Waals surface area (Å²) in [6.07, 6.45) is -4.22. The van der Waals surface area contributed by atoms with Crippen LogP contribution in [0.25, 0.3) is 0 Å². The minimum atomic E-state index is -4.22. The number of alkyl halides is 3. The molecule has 0 aliphatic carbocycles. The second-order valence-electron chi connectivity index (χ2n) is 2.80. The van der Waals surface area contributed by atoms with Crippen molar-refractivity contribution in [2.24, 2.45) is 5.92 Å². The molecule has 10 heavy (non-hydrogen) atoms. The first-order chi connectivity index (χ1) is 4.19. The second kappa shape index (κ2) is 2.64. The first kappa shape index (κ1) is 10.1. The van der Waals surface area contributed by atoms with Gasteiger partial charge in [-0.15, -0.1) is 0 Å². The maximum atomic E-state index is 12.0. The molecule has 0 heterocycles. The fourth-order valence-electron chi connectivity index (χ4n) is 0.327. The Morgan fingerprint density at radius 2 is 1.50 bits per heavy atom. The van der Waals surface area contributed by atoms with Gasteiger partial charge in [0.2, 0.25) is 0 Å². The van der Waals surface area contributed by atoms with Crippen molar-refractivity contribution in [3.05, 3.63) is 0 Å². The van der Waals surface area contributed by atoms with Crippen molar-refractivity contribution in [1.82, 2.24) is 0 Å². The zero-order valence-electron chi connectivity index (χ0n) is 6.16. The van der Waals surface area contributed by atoms with Gasteiger partial charge in [0.25, 0.3) is 0 Å². The minimum Gasteiger partial charge on any atom is -0.170 e. The molecule has 0 amide bonds. The van der Waals surface area contributed by atoms with Crippen LogP contribution < -0.4 is 0 Å². The largest absolute Gasteiger partial charge is 0.402 e. The van der Waals surface area contributed by atoms with Crippen molar-refractivity contribution in [2.75, 3.05) is 0 Å². The van der Waals surface area contributed by atoms with E-state index in [1.54, 1.807) is 0 Å². The molecule has 0 radical (unpaired) electrons. The van der Waals surface area contributed by atoms with E-state index in [4.69, 9.17) is 0 Å². The number of hydrogen-bond donors (Lipinski definition) is 1. The monoisotopic (exact) mass is 172 g/mol. The lowest BCUT2D eigenvalue weighted by atomic mass is 9.96. The lowest BCUT2D eigenvalue weighted by Gasteiger charge is -2.30. The summed E-state index contributed by atoms with van der Waals surface area (Å²) in [5, 5.41) is 0. The molecule has 0 saturated carbocycles. The van der Waals surface area contributed by atoms with Crippen LogP contribution >= 0.6 is 12.6 Å². The van der Waals surface area contributed by atoms with Crippen molar-refractivity contribution in [2.45, 2.75) is 31.7 Å². The van der Waals surface area contributed by atoms with E-state index in [-0.39, 0.29) is 0 Å². The standard InChI is InChI=1S/C6H11F3S/c1-4(2)5(3,10)6(7,8)9/h4,10H,1-3H3. The highest BCUT2D eigenvalue weighted by Crippen LogP contribution is 2.40. The van der Waals surface area contributed by atoms with Gasteiger partial charge in [-0.1, -0.05) is 13.8 Å². The molecule has 0 saturated heterocycles. The smallest absolute Gasteiger partial charge is 0.170 e. The summed E-state index contributed by atoms with van der Waals surface area (Å²) in [7, 11) is 0. The average molecular weight is 172 g/mol. The van der Waals surface area contributed by atoms with Gasteiger partial charge in [-0.05, 0) is 12.8 Å². The molecule has 0 rings (SSSR count). The SMILES string of the molecule is CC(C)C(C)(S)C(F)(F)F. The summed E-state index contributed by atoms with van der Waals surface area (Å²) in [4.78, 5) is 0. The first-order valence-electron chi connectivity index (χ1n) is 2.98. The average Bonchev–Trinajstić information content (AvgIpc) is 1.62. The summed E-state index contributed by atoms with van der Waals surface area (Å²) >= 11 is 3.54. The van der Waals surface area contributed by atoms with E-state index in [1.807, 2.05) is 0 Å². The van der Waals surface area contributed by atoms with Gasteiger partial charge in [0.1, 0.15) is 4.75 Å². The Morgan fingerprint density at radius 3 is 1.50 bits per heavy atom. The number of halogens is 3. The molecule has 1 unspecified atom stereocenters. The summed E-state index contributed by atoms with van der Waals surface area (Å²) in [6, 6.07) is 0. The summed E-state index contributed by atoms with van der Waals surface area (Å²) in [6.45, 7) is 4.09. The third kappa shape index (κ3) is 1.81.